The molecule has 15 heavy (non-hydrogen) atoms. The molecule has 0 aromatic heterocycles. The highest BCUT2D eigenvalue weighted by Crippen LogP contribution is 2.23. The van der Waals surface area contributed by atoms with E-state index in [2.05, 4.69) is 0 Å². The molecule has 0 fully saturated rings. The Hall–Kier alpha value is -1.41. The van der Waals surface area contributed by atoms with E-state index in [0.717, 1.165) is 17.5 Å². The average Bonchev–Trinajstić information content (AvgIpc) is 2.61. The third-order valence-corrected chi connectivity index (χ3v) is 2.66. The Labute approximate surface area is 89.2 Å². The summed E-state index contributed by atoms with van der Waals surface area (Å²) in [5, 5.41) is 8.64. The highest BCUT2D eigenvalue weighted by molar-refractivity contribution is 6.00. The van der Waals surface area contributed by atoms with Gasteiger partial charge in [0.25, 0.3) is 0 Å². The quantitative estimate of drug-likeness (QED) is 0.816. The van der Waals surface area contributed by atoms with Crippen molar-refractivity contribution in [3.8, 4) is 0 Å². The van der Waals surface area contributed by atoms with Gasteiger partial charge >= 0.3 is 0 Å². The normalized spacial score (nSPS) is 14.9. The molecular formula is C13H14O2. The van der Waals surface area contributed by atoms with Gasteiger partial charge in [-0.15, -0.1) is 0 Å². The first kappa shape index (κ1) is 10.1. The Morgan fingerprint density at radius 2 is 2.20 bits per heavy atom. The fourth-order valence-corrected chi connectivity index (χ4v) is 1.85. The number of aliphatic hydroxyl groups is 1. The summed E-state index contributed by atoms with van der Waals surface area (Å²) in [6.45, 7) is 0.167. The second-order valence-corrected chi connectivity index (χ2v) is 3.75. The minimum Gasteiger partial charge on any atom is -0.396 e. The summed E-state index contributed by atoms with van der Waals surface area (Å²) in [6, 6.07) is 5.99. The van der Waals surface area contributed by atoms with Crippen molar-refractivity contribution in [1.82, 2.24) is 0 Å². The van der Waals surface area contributed by atoms with Crippen molar-refractivity contribution in [2.75, 3.05) is 6.61 Å². The van der Waals surface area contributed by atoms with E-state index in [0.29, 0.717) is 12.8 Å². The van der Waals surface area contributed by atoms with Crippen LogP contribution in [0.3, 0.4) is 0 Å². The highest BCUT2D eigenvalue weighted by atomic mass is 16.2. The Morgan fingerprint density at radius 1 is 1.33 bits per heavy atom. The number of benzene rings is 1. The zero-order valence-corrected chi connectivity index (χ0v) is 8.57. The topological polar surface area (TPSA) is 37.3 Å². The van der Waals surface area contributed by atoms with Gasteiger partial charge in [0.05, 0.1) is 0 Å². The molecule has 0 atom stereocenters. The predicted molar refractivity (Wildman–Crippen MR) is 59.8 cm³/mol. The lowest BCUT2D eigenvalue weighted by atomic mass is 10.1. The van der Waals surface area contributed by atoms with Crippen LogP contribution in [0.4, 0.5) is 0 Å². The van der Waals surface area contributed by atoms with Gasteiger partial charge in [0.15, 0.2) is 5.78 Å². The molecule has 0 spiro atoms. The number of fused-ring (bicyclic) bond motifs is 1. The van der Waals surface area contributed by atoms with Crippen LogP contribution in [0.25, 0.3) is 6.08 Å². The van der Waals surface area contributed by atoms with Crippen LogP contribution in [0, 0.1) is 0 Å². The predicted octanol–water partition coefficient (Wildman–Crippen LogP) is 2.21. The average molecular weight is 202 g/mol. The molecule has 0 aliphatic heterocycles. The van der Waals surface area contributed by atoms with Gasteiger partial charge in [-0.05, 0) is 30.0 Å². The van der Waals surface area contributed by atoms with Crippen molar-refractivity contribution in [1.29, 1.82) is 0 Å². The molecule has 1 aromatic carbocycles. The van der Waals surface area contributed by atoms with Gasteiger partial charge in [0.1, 0.15) is 0 Å². The van der Waals surface area contributed by atoms with Crippen LogP contribution in [-0.2, 0) is 6.42 Å². The Kier molecular flexibility index (Phi) is 2.97. The van der Waals surface area contributed by atoms with E-state index in [1.165, 1.54) is 5.56 Å². The third-order valence-electron chi connectivity index (χ3n) is 2.66. The number of aliphatic hydroxyl groups excluding tert-OH is 1. The molecule has 2 heteroatoms. The smallest absolute Gasteiger partial charge is 0.163 e. The Morgan fingerprint density at radius 3 is 3.00 bits per heavy atom. The fraction of sp³-hybridized carbons (Fsp3) is 0.308. The second-order valence-electron chi connectivity index (χ2n) is 3.75. The van der Waals surface area contributed by atoms with Crippen molar-refractivity contribution in [3.05, 3.63) is 41.0 Å². The molecule has 2 rings (SSSR count). The Balaban J connectivity index is 2.22. The maximum atomic E-state index is 11.5. The van der Waals surface area contributed by atoms with Crippen LogP contribution in [-0.4, -0.2) is 17.5 Å². The molecule has 0 amide bonds. The van der Waals surface area contributed by atoms with Gasteiger partial charge in [0, 0.05) is 18.6 Å². The Bertz CT molecular complexity index is 405. The molecule has 0 saturated heterocycles. The number of ketones is 1. The first-order valence-electron chi connectivity index (χ1n) is 5.25. The van der Waals surface area contributed by atoms with Crippen molar-refractivity contribution in [3.63, 3.8) is 0 Å². The van der Waals surface area contributed by atoms with E-state index < -0.39 is 0 Å². The van der Waals surface area contributed by atoms with E-state index >= 15 is 0 Å². The molecule has 1 aliphatic carbocycles. The van der Waals surface area contributed by atoms with Crippen molar-refractivity contribution >= 4 is 11.9 Å². The van der Waals surface area contributed by atoms with Gasteiger partial charge < -0.3 is 5.11 Å². The maximum absolute atomic E-state index is 11.5. The van der Waals surface area contributed by atoms with Gasteiger partial charge in [-0.3, -0.25) is 4.79 Å². The molecular weight excluding hydrogens is 188 g/mol. The maximum Gasteiger partial charge on any atom is 0.163 e. The van der Waals surface area contributed by atoms with Crippen LogP contribution in [0.2, 0.25) is 0 Å². The lowest BCUT2D eigenvalue weighted by molar-refractivity contribution is 0.0994. The summed E-state index contributed by atoms with van der Waals surface area (Å²) in [5.74, 6) is 0.252. The second kappa shape index (κ2) is 4.41. The standard InChI is InChI=1S/C13H14O2/c14-8-2-1-3-10-4-5-11-6-7-13(15)12(11)9-10/h1,3-5,9,14H,2,6-8H2. The fourth-order valence-electron chi connectivity index (χ4n) is 1.85. The van der Waals surface area contributed by atoms with E-state index in [4.69, 9.17) is 5.11 Å². The molecule has 2 nitrogen and oxygen atoms in total. The van der Waals surface area contributed by atoms with Crippen molar-refractivity contribution in [2.45, 2.75) is 19.3 Å². The van der Waals surface area contributed by atoms with Gasteiger partial charge in [0.2, 0.25) is 0 Å². The first-order chi connectivity index (χ1) is 7.31. The number of carbonyl (C=O) groups is 1. The number of hydrogen-bond donors (Lipinski definition) is 1. The largest absolute Gasteiger partial charge is 0.396 e. The number of carbonyl (C=O) groups excluding carboxylic acids is 1. The molecule has 1 aliphatic rings. The minimum absolute atomic E-state index is 0.167. The number of Topliss-reactive ketones (excluding diaryl/α,β-unsaturated/α-hetero) is 1. The summed E-state index contributed by atoms with van der Waals surface area (Å²) in [7, 11) is 0. The zero-order valence-electron chi connectivity index (χ0n) is 8.57. The highest BCUT2D eigenvalue weighted by Gasteiger charge is 2.18. The lowest BCUT2D eigenvalue weighted by Gasteiger charge is -1.99. The SMILES string of the molecule is O=C1CCc2ccc(C=CCCO)cc21. The van der Waals surface area contributed by atoms with E-state index in [9.17, 15) is 4.79 Å². The molecule has 0 saturated carbocycles. The number of hydrogen-bond acceptors (Lipinski definition) is 2. The molecule has 1 N–H and O–H groups in total. The van der Waals surface area contributed by atoms with Gasteiger partial charge in [-0.2, -0.15) is 0 Å². The molecule has 0 heterocycles. The summed E-state index contributed by atoms with van der Waals surface area (Å²) < 4.78 is 0. The van der Waals surface area contributed by atoms with Crippen molar-refractivity contribution < 1.29 is 9.90 Å². The van der Waals surface area contributed by atoms with Gasteiger partial charge in [-0.25, -0.2) is 0 Å². The summed E-state index contributed by atoms with van der Waals surface area (Å²) in [6.07, 6.45) is 6.06. The number of rotatable bonds is 3. The summed E-state index contributed by atoms with van der Waals surface area (Å²) in [4.78, 5) is 11.5. The van der Waals surface area contributed by atoms with Gasteiger partial charge in [-0.1, -0.05) is 24.3 Å². The summed E-state index contributed by atoms with van der Waals surface area (Å²) in [5.41, 5.74) is 3.08. The molecule has 78 valence electrons. The monoisotopic (exact) mass is 202 g/mol. The molecule has 0 unspecified atom stereocenters. The van der Waals surface area contributed by atoms with E-state index in [1.54, 1.807) is 0 Å². The molecule has 0 radical (unpaired) electrons. The van der Waals surface area contributed by atoms with Crippen LogP contribution in [0.1, 0.15) is 34.3 Å². The number of aryl methyl sites for hydroxylation is 1. The van der Waals surface area contributed by atoms with Crippen LogP contribution in [0.15, 0.2) is 24.3 Å². The van der Waals surface area contributed by atoms with Crippen molar-refractivity contribution in [2.24, 2.45) is 0 Å². The lowest BCUT2D eigenvalue weighted by Crippen LogP contribution is -1.91. The summed E-state index contributed by atoms with van der Waals surface area (Å²) >= 11 is 0. The van der Waals surface area contributed by atoms with Crippen LogP contribution >= 0.6 is 0 Å². The first-order valence-corrected chi connectivity index (χ1v) is 5.25. The molecule has 0 bridgehead atoms. The molecule has 1 aromatic rings. The van der Waals surface area contributed by atoms with Crippen LogP contribution < -0.4 is 0 Å². The van der Waals surface area contributed by atoms with E-state index in [1.807, 2.05) is 30.4 Å². The van der Waals surface area contributed by atoms with E-state index in [-0.39, 0.29) is 12.4 Å². The zero-order chi connectivity index (χ0) is 10.7. The third kappa shape index (κ3) is 2.16. The minimum atomic E-state index is 0.167. The van der Waals surface area contributed by atoms with Crippen LogP contribution in [0.5, 0.6) is 0 Å².